The Morgan fingerprint density at radius 3 is 2.96 bits per heavy atom. The average molecular weight is 372 g/mol. The quantitative estimate of drug-likeness (QED) is 0.497. The molecule has 27 heavy (non-hydrogen) atoms. The van der Waals surface area contributed by atoms with E-state index < -0.39 is 0 Å². The smallest absolute Gasteiger partial charge is 0.142 e. The summed E-state index contributed by atoms with van der Waals surface area (Å²) in [6.45, 7) is 2.91. The summed E-state index contributed by atoms with van der Waals surface area (Å²) >= 11 is 1.72. The van der Waals surface area contributed by atoms with Crippen molar-refractivity contribution in [3.05, 3.63) is 76.6 Å². The van der Waals surface area contributed by atoms with Gasteiger partial charge in [-0.25, -0.2) is 4.98 Å². The second kappa shape index (κ2) is 6.71. The van der Waals surface area contributed by atoms with Gasteiger partial charge >= 0.3 is 0 Å². The highest BCUT2D eigenvalue weighted by Crippen LogP contribution is 2.34. The lowest BCUT2D eigenvalue weighted by Crippen LogP contribution is -2.27. The number of rotatable bonds is 3. The molecule has 4 heteroatoms. The second-order valence-electron chi connectivity index (χ2n) is 6.96. The van der Waals surface area contributed by atoms with Crippen LogP contribution in [0, 0.1) is 0 Å². The van der Waals surface area contributed by atoms with Gasteiger partial charge in [-0.1, -0.05) is 42.5 Å². The zero-order chi connectivity index (χ0) is 18.2. The lowest BCUT2D eigenvalue weighted by molar-refractivity contribution is 0.226. The van der Waals surface area contributed by atoms with Gasteiger partial charge in [0, 0.05) is 17.4 Å². The third kappa shape index (κ3) is 3.17. The van der Waals surface area contributed by atoms with Gasteiger partial charge < -0.3 is 10.1 Å². The maximum Gasteiger partial charge on any atom is 0.142 e. The van der Waals surface area contributed by atoms with Crippen molar-refractivity contribution < 1.29 is 4.74 Å². The van der Waals surface area contributed by atoms with Gasteiger partial charge in [-0.15, -0.1) is 11.3 Å². The molecule has 3 nitrogen and oxygen atoms in total. The molecule has 0 saturated carbocycles. The van der Waals surface area contributed by atoms with E-state index in [1.807, 2.05) is 6.07 Å². The summed E-state index contributed by atoms with van der Waals surface area (Å²) in [7, 11) is 0. The average Bonchev–Trinajstić information content (AvgIpc) is 3.16. The number of anilines is 1. The molecule has 2 heterocycles. The summed E-state index contributed by atoms with van der Waals surface area (Å²) < 4.78 is 5.87. The number of hydrogen-bond acceptors (Lipinski definition) is 4. The van der Waals surface area contributed by atoms with E-state index in [4.69, 9.17) is 9.72 Å². The van der Waals surface area contributed by atoms with Crippen molar-refractivity contribution in [2.45, 2.75) is 19.4 Å². The molecule has 0 aliphatic carbocycles. The van der Waals surface area contributed by atoms with Crippen LogP contribution in [-0.4, -0.2) is 17.6 Å². The fourth-order valence-electron chi connectivity index (χ4n) is 3.58. The molecule has 0 fully saturated rings. The zero-order valence-corrected chi connectivity index (χ0v) is 15.9. The molecule has 1 N–H and O–H groups in total. The molecular formula is C23H20N2OS. The van der Waals surface area contributed by atoms with Gasteiger partial charge in [-0.05, 0) is 41.5 Å². The molecule has 134 valence electrons. The lowest BCUT2D eigenvalue weighted by atomic mass is 10.0. The minimum Gasteiger partial charge on any atom is -0.487 e. The van der Waals surface area contributed by atoms with Gasteiger partial charge in [0.2, 0.25) is 0 Å². The van der Waals surface area contributed by atoms with Crippen LogP contribution in [0.1, 0.15) is 17.5 Å². The Morgan fingerprint density at radius 1 is 1.11 bits per heavy atom. The van der Waals surface area contributed by atoms with Gasteiger partial charge in [-0.3, -0.25) is 0 Å². The van der Waals surface area contributed by atoms with Crippen molar-refractivity contribution in [3.8, 4) is 17.0 Å². The molecule has 1 atom stereocenters. The standard InChI is InChI=1S/C23H20N2OS/c1-15-13-24-20-11-18(9-10-22(20)26-15)21-14-27-23(25-21)12-17-7-4-6-16-5-2-3-8-19(16)17/h2-11,14-15,24H,12-13H2,1H3. The Morgan fingerprint density at radius 2 is 2.00 bits per heavy atom. The molecule has 0 spiro atoms. The predicted molar refractivity (Wildman–Crippen MR) is 113 cm³/mol. The van der Waals surface area contributed by atoms with E-state index in [9.17, 15) is 0 Å². The summed E-state index contributed by atoms with van der Waals surface area (Å²) in [4.78, 5) is 4.90. The number of nitrogens with zero attached hydrogens (tertiary/aromatic N) is 1. The van der Waals surface area contributed by atoms with Gasteiger partial charge in [0.1, 0.15) is 11.9 Å². The Labute approximate surface area is 162 Å². The maximum absolute atomic E-state index is 5.87. The minimum absolute atomic E-state index is 0.204. The predicted octanol–water partition coefficient (Wildman–Crippen LogP) is 5.75. The minimum atomic E-state index is 0.204. The van der Waals surface area contributed by atoms with Crippen molar-refractivity contribution in [1.29, 1.82) is 0 Å². The third-order valence-electron chi connectivity index (χ3n) is 4.96. The van der Waals surface area contributed by atoms with E-state index in [2.05, 4.69) is 72.2 Å². The molecule has 3 aromatic carbocycles. The third-order valence-corrected chi connectivity index (χ3v) is 5.81. The first-order valence-corrected chi connectivity index (χ1v) is 10.1. The highest BCUT2D eigenvalue weighted by molar-refractivity contribution is 7.10. The first-order valence-electron chi connectivity index (χ1n) is 9.22. The number of benzene rings is 3. The normalized spacial score (nSPS) is 15.8. The molecular weight excluding hydrogens is 352 g/mol. The largest absolute Gasteiger partial charge is 0.487 e. The molecule has 0 radical (unpaired) electrons. The van der Waals surface area contributed by atoms with Crippen molar-refractivity contribution in [3.63, 3.8) is 0 Å². The van der Waals surface area contributed by atoms with Crippen LogP contribution in [0.4, 0.5) is 5.69 Å². The Kier molecular flexibility index (Phi) is 4.06. The van der Waals surface area contributed by atoms with Gasteiger partial charge in [0.15, 0.2) is 0 Å². The summed E-state index contributed by atoms with van der Waals surface area (Å²) in [6.07, 6.45) is 1.06. The number of fused-ring (bicyclic) bond motifs is 2. The van der Waals surface area contributed by atoms with Crippen LogP contribution in [0.5, 0.6) is 5.75 Å². The second-order valence-corrected chi connectivity index (χ2v) is 7.90. The van der Waals surface area contributed by atoms with Gasteiger partial charge in [-0.2, -0.15) is 0 Å². The van der Waals surface area contributed by atoms with Crippen molar-refractivity contribution in [1.82, 2.24) is 4.98 Å². The molecule has 4 aromatic rings. The van der Waals surface area contributed by atoms with Crippen LogP contribution in [-0.2, 0) is 6.42 Å². The fourth-order valence-corrected chi connectivity index (χ4v) is 4.40. The van der Waals surface area contributed by atoms with E-state index in [0.29, 0.717) is 0 Å². The van der Waals surface area contributed by atoms with Crippen molar-refractivity contribution in [2.75, 3.05) is 11.9 Å². The van der Waals surface area contributed by atoms with Crippen LogP contribution in [0.3, 0.4) is 0 Å². The number of hydrogen-bond donors (Lipinski definition) is 1. The molecule has 1 aromatic heterocycles. The molecule has 1 aliphatic rings. The van der Waals surface area contributed by atoms with Crippen molar-refractivity contribution >= 4 is 27.8 Å². The topological polar surface area (TPSA) is 34.2 Å². The van der Waals surface area contributed by atoms with Gasteiger partial charge in [0.05, 0.1) is 22.9 Å². The fraction of sp³-hybridized carbons (Fsp3) is 0.174. The molecule has 1 unspecified atom stereocenters. The van der Waals surface area contributed by atoms with Crippen LogP contribution in [0.15, 0.2) is 66.0 Å². The van der Waals surface area contributed by atoms with E-state index in [-0.39, 0.29) is 6.10 Å². The van der Waals surface area contributed by atoms with Crippen LogP contribution < -0.4 is 10.1 Å². The van der Waals surface area contributed by atoms with E-state index in [1.165, 1.54) is 16.3 Å². The van der Waals surface area contributed by atoms with Crippen LogP contribution in [0.25, 0.3) is 22.0 Å². The number of ether oxygens (including phenoxy) is 1. The monoisotopic (exact) mass is 372 g/mol. The zero-order valence-electron chi connectivity index (χ0n) is 15.1. The van der Waals surface area contributed by atoms with Crippen LogP contribution >= 0.6 is 11.3 Å². The molecule has 1 aliphatic heterocycles. The van der Waals surface area contributed by atoms with E-state index >= 15 is 0 Å². The number of nitrogens with one attached hydrogen (secondary N) is 1. The Hall–Kier alpha value is -2.85. The summed E-state index contributed by atoms with van der Waals surface area (Å²) in [5.74, 6) is 0.920. The summed E-state index contributed by atoms with van der Waals surface area (Å²) in [5, 5.41) is 9.31. The van der Waals surface area contributed by atoms with Crippen molar-refractivity contribution in [2.24, 2.45) is 0 Å². The SMILES string of the molecule is CC1CNc2cc(-c3csc(Cc4cccc5ccccc45)n3)ccc2O1. The molecule has 0 amide bonds. The van der Waals surface area contributed by atoms with Gasteiger partial charge in [0.25, 0.3) is 0 Å². The first-order chi connectivity index (χ1) is 13.3. The van der Waals surface area contributed by atoms with E-state index in [0.717, 1.165) is 40.7 Å². The highest BCUT2D eigenvalue weighted by atomic mass is 32.1. The number of aromatic nitrogens is 1. The van der Waals surface area contributed by atoms with Crippen LogP contribution in [0.2, 0.25) is 0 Å². The highest BCUT2D eigenvalue weighted by Gasteiger charge is 2.16. The molecule has 5 rings (SSSR count). The lowest BCUT2D eigenvalue weighted by Gasteiger charge is -2.25. The molecule has 0 saturated heterocycles. The first kappa shape index (κ1) is 16.3. The number of thiazole rings is 1. The summed E-state index contributed by atoms with van der Waals surface area (Å²) in [6, 6.07) is 21.3. The summed E-state index contributed by atoms with van der Waals surface area (Å²) in [5.41, 5.74) is 4.52. The maximum atomic E-state index is 5.87. The molecule has 0 bridgehead atoms. The Balaban J connectivity index is 1.43. The van der Waals surface area contributed by atoms with E-state index in [1.54, 1.807) is 11.3 Å². The Bertz CT molecular complexity index is 1110.